The van der Waals surface area contributed by atoms with Gasteiger partial charge in [-0.2, -0.15) is 0 Å². The molecule has 110 valence electrons. The number of nitrogens with zero attached hydrogens (tertiary/aromatic N) is 5. The third-order valence-corrected chi connectivity index (χ3v) is 3.80. The van der Waals surface area contributed by atoms with Gasteiger partial charge in [-0.1, -0.05) is 0 Å². The summed E-state index contributed by atoms with van der Waals surface area (Å²) in [7, 11) is 0. The van der Waals surface area contributed by atoms with Crippen molar-refractivity contribution in [3.8, 4) is 0 Å². The van der Waals surface area contributed by atoms with Crippen LogP contribution in [0.5, 0.6) is 0 Å². The second-order valence-corrected chi connectivity index (χ2v) is 5.14. The van der Waals surface area contributed by atoms with E-state index in [-0.39, 0.29) is 11.7 Å². The van der Waals surface area contributed by atoms with Crippen LogP contribution in [0.1, 0.15) is 24.1 Å². The minimum Gasteiger partial charge on any atom is -0.319 e. The Morgan fingerprint density at radius 1 is 1.29 bits per heavy atom. The van der Waals surface area contributed by atoms with Gasteiger partial charge in [-0.05, 0) is 25.5 Å². The highest BCUT2D eigenvalue weighted by molar-refractivity contribution is 6.16. The van der Waals surface area contributed by atoms with Crippen LogP contribution in [0.15, 0.2) is 18.5 Å². The summed E-state index contributed by atoms with van der Waals surface area (Å²) < 4.78 is 17.6. The zero-order chi connectivity index (χ0) is 15.0. The first-order valence-corrected chi connectivity index (χ1v) is 7.25. The SMILES string of the molecule is CCn1cnnc1Cn1c(CCl)nc2cc(F)c(C)cc21. The second-order valence-electron chi connectivity index (χ2n) is 4.87. The van der Waals surface area contributed by atoms with Crippen molar-refractivity contribution in [2.45, 2.75) is 32.8 Å². The highest BCUT2D eigenvalue weighted by Gasteiger charge is 2.14. The van der Waals surface area contributed by atoms with Crippen molar-refractivity contribution in [3.63, 3.8) is 0 Å². The van der Waals surface area contributed by atoms with Gasteiger partial charge < -0.3 is 9.13 Å². The molecule has 3 rings (SSSR count). The number of aromatic nitrogens is 5. The molecule has 0 saturated carbocycles. The molecule has 0 spiro atoms. The van der Waals surface area contributed by atoms with E-state index in [0.29, 0.717) is 23.4 Å². The maximum Gasteiger partial charge on any atom is 0.152 e. The summed E-state index contributed by atoms with van der Waals surface area (Å²) in [6.45, 7) is 5.07. The van der Waals surface area contributed by atoms with Crippen LogP contribution in [-0.2, 0) is 19.0 Å². The van der Waals surface area contributed by atoms with Gasteiger partial charge in [-0.3, -0.25) is 0 Å². The van der Waals surface area contributed by atoms with E-state index in [4.69, 9.17) is 11.6 Å². The smallest absolute Gasteiger partial charge is 0.152 e. The van der Waals surface area contributed by atoms with E-state index >= 15 is 0 Å². The predicted molar refractivity (Wildman–Crippen MR) is 78.8 cm³/mol. The Bertz CT molecular complexity index is 792. The first-order valence-electron chi connectivity index (χ1n) is 6.72. The molecule has 7 heteroatoms. The van der Waals surface area contributed by atoms with Gasteiger partial charge in [0.15, 0.2) is 5.82 Å². The lowest BCUT2D eigenvalue weighted by molar-refractivity contribution is 0.619. The highest BCUT2D eigenvalue weighted by Crippen LogP contribution is 2.22. The lowest BCUT2D eigenvalue weighted by Crippen LogP contribution is -2.10. The van der Waals surface area contributed by atoms with Crippen molar-refractivity contribution in [3.05, 3.63) is 41.5 Å². The molecule has 5 nitrogen and oxygen atoms in total. The van der Waals surface area contributed by atoms with Crippen LogP contribution in [0.2, 0.25) is 0 Å². The van der Waals surface area contributed by atoms with Crippen molar-refractivity contribution < 1.29 is 4.39 Å². The number of hydrogen-bond acceptors (Lipinski definition) is 3. The molecule has 3 aromatic rings. The Balaban J connectivity index is 2.14. The molecule has 0 saturated heterocycles. The molecule has 0 unspecified atom stereocenters. The van der Waals surface area contributed by atoms with E-state index in [9.17, 15) is 4.39 Å². The third-order valence-electron chi connectivity index (χ3n) is 3.56. The molecule has 1 aromatic carbocycles. The lowest BCUT2D eigenvalue weighted by atomic mass is 10.2. The first-order chi connectivity index (χ1) is 10.1. The quantitative estimate of drug-likeness (QED) is 0.696. The van der Waals surface area contributed by atoms with Crippen LogP contribution in [0.3, 0.4) is 0 Å². The van der Waals surface area contributed by atoms with Crippen LogP contribution in [0, 0.1) is 12.7 Å². The van der Waals surface area contributed by atoms with Gasteiger partial charge in [0.1, 0.15) is 18.0 Å². The van der Waals surface area contributed by atoms with E-state index in [1.165, 1.54) is 6.07 Å². The van der Waals surface area contributed by atoms with E-state index in [1.807, 2.05) is 16.1 Å². The number of imidazole rings is 1. The minimum absolute atomic E-state index is 0.259. The van der Waals surface area contributed by atoms with Crippen molar-refractivity contribution in [2.75, 3.05) is 0 Å². The van der Waals surface area contributed by atoms with Gasteiger partial charge >= 0.3 is 0 Å². The standard InChI is InChI=1S/C14H15ClFN5/c1-3-20-8-17-19-14(20)7-21-12-4-9(2)10(16)5-11(12)18-13(21)6-15/h4-5,8H,3,6-7H2,1-2H3. The second kappa shape index (κ2) is 5.44. The van der Waals surface area contributed by atoms with Crippen LogP contribution in [0.4, 0.5) is 4.39 Å². The maximum atomic E-state index is 13.7. The average molecular weight is 308 g/mol. The van der Waals surface area contributed by atoms with Crippen molar-refractivity contribution in [1.82, 2.24) is 24.3 Å². The third kappa shape index (κ3) is 2.40. The molecule has 0 aliphatic heterocycles. The summed E-state index contributed by atoms with van der Waals surface area (Å²) in [6.07, 6.45) is 1.69. The van der Waals surface area contributed by atoms with Crippen LogP contribution < -0.4 is 0 Å². The Kier molecular flexibility index (Phi) is 3.63. The van der Waals surface area contributed by atoms with Crippen LogP contribution in [0.25, 0.3) is 11.0 Å². The average Bonchev–Trinajstić information content (AvgIpc) is 3.05. The monoisotopic (exact) mass is 307 g/mol. The number of alkyl halides is 1. The van der Waals surface area contributed by atoms with Crippen molar-refractivity contribution >= 4 is 22.6 Å². The van der Waals surface area contributed by atoms with E-state index in [1.54, 1.807) is 19.3 Å². The molecule has 0 amide bonds. The number of hydrogen-bond donors (Lipinski definition) is 0. The zero-order valence-electron chi connectivity index (χ0n) is 11.8. The fraction of sp³-hybridized carbons (Fsp3) is 0.357. The summed E-state index contributed by atoms with van der Waals surface area (Å²) in [6, 6.07) is 3.24. The van der Waals surface area contributed by atoms with E-state index in [2.05, 4.69) is 15.2 Å². The van der Waals surface area contributed by atoms with Crippen molar-refractivity contribution in [1.29, 1.82) is 0 Å². The number of aryl methyl sites for hydroxylation is 2. The molecule has 21 heavy (non-hydrogen) atoms. The molecule has 2 heterocycles. The molecule has 0 fully saturated rings. The molecule has 0 radical (unpaired) electrons. The summed E-state index contributed by atoms with van der Waals surface area (Å²) in [5.74, 6) is 1.52. The Morgan fingerprint density at radius 2 is 2.10 bits per heavy atom. The van der Waals surface area contributed by atoms with Gasteiger partial charge in [0, 0.05) is 12.6 Å². The summed E-state index contributed by atoms with van der Waals surface area (Å²) in [4.78, 5) is 4.40. The van der Waals surface area contributed by atoms with Crippen molar-refractivity contribution in [2.24, 2.45) is 0 Å². The van der Waals surface area contributed by atoms with Crippen LogP contribution >= 0.6 is 11.6 Å². The normalized spacial score (nSPS) is 11.4. The number of halogens is 2. The topological polar surface area (TPSA) is 48.5 Å². The van der Waals surface area contributed by atoms with Gasteiger partial charge in [-0.25, -0.2) is 9.37 Å². The van der Waals surface area contributed by atoms with Gasteiger partial charge in [0.2, 0.25) is 0 Å². The maximum absolute atomic E-state index is 13.7. The van der Waals surface area contributed by atoms with Crippen LogP contribution in [-0.4, -0.2) is 24.3 Å². The first kappa shape index (κ1) is 14.0. The Labute approximate surface area is 126 Å². The molecule has 0 bridgehead atoms. The Hall–Kier alpha value is -1.95. The summed E-state index contributed by atoms with van der Waals surface area (Å²) in [5, 5.41) is 8.06. The minimum atomic E-state index is -0.259. The van der Waals surface area contributed by atoms with E-state index in [0.717, 1.165) is 17.9 Å². The fourth-order valence-corrected chi connectivity index (χ4v) is 2.59. The molecular formula is C14H15ClFN5. The molecule has 0 N–H and O–H groups in total. The molecule has 2 aromatic heterocycles. The van der Waals surface area contributed by atoms with E-state index < -0.39 is 0 Å². The molecule has 0 atom stereocenters. The largest absolute Gasteiger partial charge is 0.319 e. The van der Waals surface area contributed by atoms with Gasteiger partial charge in [-0.15, -0.1) is 21.8 Å². The number of benzene rings is 1. The zero-order valence-corrected chi connectivity index (χ0v) is 12.6. The lowest BCUT2D eigenvalue weighted by Gasteiger charge is -2.08. The molecule has 0 aliphatic rings. The predicted octanol–water partition coefficient (Wildman–Crippen LogP) is 2.88. The fourth-order valence-electron chi connectivity index (χ4n) is 2.39. The van der Waals surface area contributed by atoms with Gasteiger partial charge in [0.05, 0.1) is 23.5 Å². The summed E-state index contributed by atoms with van der Waals surface area (Å²) >= 11 is 5.98. The molecular weight excluding hydrogens is 293 g/mol. The number of fused-ring (bicyclic) bond motifs is 1. The number of rotatable bonds is 4. The highest BCUT2D eigenvalue weighted by atomic mass is 35.5. The summed E-state index contributed by atoms with van der Waals surface area (Å²) in [5.41, 5.74) is 2.05. The Morgan fingerprint density at radius 3 is 2.81 bits per heavy atom. The molecule has 0 aliphatic carbocycles. The van der Waals surface area contributed by atoms with Gasteiger partial charge in [0.25, 0.3) is 0 Å².